The molecule has 3 amide bonds. The number of anilines is 1. The maximum absolute atomic E-state index is 12.1. The molecule has 1 aliphatic rings. The third-order valence-corrected chi connectivity index (χ3v) is 3.97. The van der Waals surface area contributed by atoms with Gasteiger partial charge < -0.3 is 20.6 Å². The van der Waals surface area contributed by atoms with Crippen molar-refractivity contribution >= 4 is 23.6 Å². The zero-order chi connectivity index (χ0) is 17.0. The number of carbonyl (C=O) groups is 3. The Kier molecular flexibility index (Phi) is 4.88. The Balaban J connectivity index is 1.90. The standard InChI is InChI=1S/C16H21N3O4/c1-11(20)18-13-5-3-4-12(8-13)9-17-15(23)19-7-6-16(2,10-19)14(21)22/h3-5,8H,6-7,9-10H2,1-2H3,(H,17,23)(H,18,20)(H,21,22). The molecule has 7 heteroatoms. The van der Waals surface area contributed by atoms with E-state index in [9.17, 15) is 19.5 Å². The van der Waals surface area contributed by atoms with Crippen LogP contribution >= 0.6 is 0 Å². The quantitative estimate of drug-likeness (QED) is 0.786. The number of hydrogen-bond donors (Lipinski definition) is 3. The second-order valence-corrected chi connectivity index (χ2v) is 6.08. The summed E-state index contributed by atoms with van der Waals surface area (Å²) in [6.45, 7) is 4.04. The van der Waals surface area contributed by atoms with Crippen LogP contribution in [-0.4, -0.2) is 41.0 Å². The van der Waals surface area contributed by atoms with Crippen molar-refractivity contribution in [2.75, 3.05) is 18.4 Å². The second-order valence-electron chi connectivity index (χ2n) is 6.08. The molecule has 1 heterocycles. The van der Waals surface area contributed by atoms with E-state index in [0.717, 1.165) is 5.56 Å². The first-order chi connectivity index (χ1) is 10.8. The summed E-state index contributed by atoms with van der Waals surface area (Å²) in [5.74, 6) is -1.04. The number of carboxylic acids is 1. The van der Waals surface area contributed by atoms with Crippen LogP contribution in [0.3, 0.4) is 0 Å². The molecule has 1 aliphatic heterocycles. The lowest BCUT2D eigenvalue weighted by molar-refractivity contribution is -0.147. The number of rotatable bonds is 4. The zero-order valence-corrected chi connectivity index (χ0v) is 13.3. The van der Waals surface area contributed by atoms with Crippen molar-refractivity contribution in [3.8, 4) is 0 Å². The normalized spacial score (nSPS) is 20.2. The van der Waals surface area contributed by atoms with E-state index in [1.54, 1.807) is 25.1 Å². The van der Waals surface area contributed by atoms with Crippen molar-refractivity contribution in [3.05, 3.63) is 29.8 Å². The van der Waals surface area contributed by atoms with Gasteiger partial charge in [-0.3, -0.25) is 9.59 Å². The van der Waals surface area contributed by atoms with Gasteiger partial charge in [0.2, 0.25) is 5.91 Å². The highest BCUT2D eigenvalue weighted by atomic mass is 16.4. The summed E-state index contributed by atoms with van der Waals surface area (Å²) < 4.78 is 0. The highest BCUT2D eigenvalue weighted by Gasteiger charge is 2.42. The minimum atomic E-state index is -0.879. The van der Waals surface area contributed by atoms with Crippen molar-refractivity contribution in [3.63, 3.8) is 0 Å². The number of urea groups is 1. The Labute approximate surface area is 134 Å². The van der Waals surface area contributed by atoms with Crippen LogP contribution in [0.25, 0.3) is 0 Å². The van der Waals surface area contributed by atoms with Gasteiger partial charge in [0.1, 0.15) is 0 Å². The van der Waals surface area contributed by atoms with Crippen LogP contribution in [0.5, 0.6) is 0 Å². The third-order valence-electron chi connectivity index (χ3n) is 3.97. The number of aliphatic carboxylic acids is 1. The van der Waals surface area contributed by atoms with Gasteiger partial charge in [-0.05, 0) is 31.0 Å². The topological polar surface area (TPSA) is 98.7 Å². The van der Waals surface area contributed by atoms with Crippen LogP contribution in [-0.2, 0) is 16.1 Å². The molecule has 0 spiro atoms. The number of likely N-dealkylation sites (tertiary alicyclic amines) is 1. The van der Waals surface area contributed by atoms with Crippen LogP contribution in [0.15, 0.2) is 24.3 Å². The first-order valence-electron chi connectivity index (χ1n) is 7.43. The fourth-order valence-corrected chi connectivity index (χ4v) is 2.56. The molecule has 1 fully saturated rings. The van der Waals surface area contributed by atoms with E-state index >= 15 is 0 Å². The van der Waals surface area contributed by atoms with Gasteiger partial charge in [-0.1, -0.05) is 12.1 Å². The van der Waals surface area contributed by atoms with Gasteiger partial charge in [-0.2, -0.15) is 0 Å². The molecular weight excluding hydrogens is 298 g/mol. The zero-order valence-electron chi connectivity index (χ0n) is 13.3. The molecular formula is C16H21N3O4. The van der Waals surface area contributed by atoms with Gasteiger partial charge >= 0.3 is 12.0 Å². The lowest BCUT2D eigenvalue weighted by atomic mass is 9.90. The molecule has 0 aromatic heterocycles. The molecule has 2 rings (SSSR count). The van der Waals surface area contributed by atoms with Crippen molar-refractivity contribution in [2.24, 2.45) is 5.41 Å². The van der Waals surface area contributed by atoms with E-state index in [4.69, 9.17) is 0 Å². The molecule has 1 atom stereocenters. The average molecular weight is 319 g/mol. The Morgan fingerprint density at radius 3 is 2.70 bits per heavy atom. The molecule has 1 saturated heterocycles. The molecule has 3 N–H and O–H groups in total. The summed E-state index contributed by atoms with van der Waals surface area (Å²) in [5.41, 5.74) is 0.650. The van der Waals surface area contributed by atoms with E-state index in [0.29, 0.717) is 25.2 Å². The molecule has 7 nitrogen and oxygen atoms in total. The first kappa shape index (κ1) is 16.8. The summed E-state index contributed by atoms with van der Waals surface area (Å²) >= 11 is 0. The van der Waals surface area contributed by atoms with Gasteiger partial charge in [0.05, 0.1) is 5.41 Å². The number of carboxylic acid groups (broad SMARTS) is 1. The highest BCUT2D eigenvalue weighted by Crippen LogP contribution is 2.29. The molecule has 0 saturated carbocycles. The van der Waals surface area contributed by atoms with Crippen molar-refractivity contribution < 1.29 is 19.5 Å². The van der Waals surface area contributed by atoms with Crippen LogP contribution in [0.4, 0.5) is 10.5 Å². The van der Waals surface area contributed by atoms with Gasteiger partial charge in [-0.15, -0.1) is 0 Å². The minimum absolute atomic E-state index is 0.156. The Bertz CT molecular complexity index is 632. The number of carbonyl (C=O) groups excluding carboxylic acids is 2. The monoisotopic (exact) mass is 319 g/mol. The molecule has 1 unspecified atom stereocenters. The predicted molar refractivity (Wildman–Crippen MR) is 84.9 cm³/mol. The minimum Gasteiger partial charge on any atom is -0.481 e. The average Bonchev–Trinajstić information content (AvgIpc) is 2.89. The summed E-state index contributed by atoms with van der Waals surface area (Å²) in [5, 5.41) is 14.7. The molecule has 0 aliphatic carbocycles. The fourth-order valence-electron chi connectivity index (χ4n) is 2.56. The molecule has 0 bridgehead atoms. The van der Waals surface area contributed by atoms with E-state index in [-0.39, 0.29) is 18.5 Å². The third kappa shape index (κ3) is 4.21. The summed E-state index contributed by atoms with van der Waals surface area (Å²) in [4.78, 5) is 35.9. The Morgan fingerprint density at radius 2 is 2.09 bits per heavy atom. The highest BCUT2D eigenvalue weighted by molar-refractivity contribution is 5.88. The van der Waals surface area contributed by atoms with Crippen LogP contribution in [0.2, 0.25) is 0 Å². The number of hydrogen-bond acceptors (Lipinski definition) is 3. The van der Waals surface area contributed by atoms with Gasteiger partial charge in [0, 0.05) is 32.2 Å². The molecule has 0 radical (unpaired) electrons. The van der Waals surface area contributed by atoms with Crippen molar-refractivity contribution in [2.45, 2.75) is 26.8 Å². The van der Waals surface area contributed by atoms with E-state index in [2.05, 4.69) is 10.6 Å². The van der Waals surface area contributed by atoms with Gasteiger partial charge in [0.15, 0.2) is 0 Å². The second kappa shape index (κ2) is 6.68. The number of benzene rings is 1. The number of amides is 3. The Hall–Kier alpha value is -2.57. The summed E-state index contributed by atoms with van der Waals surface area (Å²) in [6.07, 6.45) is 0.452. The lowest BCUT2D eigenvalue weighted by Gasteiger charge is -2.20. The SMILES string of the molecule is CC(=O)Nc1cccc(CNC(=O)N2CCC(C)(C(=O)O)C2)c1. The lowest BCUT2D eigenvalue weighted by Crippen LogP contribution is -2.40. The fraction of sp³-hybridized carbons (Fsp3) is 0.438. The molecule has 124 valence electrons. The number of nitrogens with one attached hydrogen (secondary N) is 2. The van der Waals surface area contributed by atoms with Gasteiger partial charge in [0.25, 0.3) is 0 Å². The van der Waals surface area contributed by atoms with Crippen molar-refractivity contribution in [1.82, 2.24) is 10.2 Å². The van der Waals surface area contributed by atoms with Crippen LogP contribution in [0, 0.1) is 5.41 Å². The van der Waals surface area contributed by atoms with E-state index in [1.807, 2.05) is 6.07 Å². The Morgan fingerprint density at radius 1 is 1.35 bits per heavy atom. The largest absolute Gasteiger partial charge is 0.481 e. The van der Waals surface area contributed by atoms with Gasteiger partial charge in [-0.25, -0.2) is 4.79 Å². The van der Waals surface area contributed by atoms with E-state index in [1.165, 1.54) is 11.8 Å². The first-order valence-corrected chi connectivity index (χ1v) is 7.43. The summed E-state index contributed by atoms with van der Waals surface area (Å²) in [7, 11) is 0. The maximum atomic E-state index is 12.1. The summed E-state index contributed by atoms with van der Waals surface area (Å²) in [6, 6.07) is 6.92. The molecule has 1 aromatic carbocycles. The predicted octanol–water partition coefficient (Wildman–Crippen LogP) is 1.65. The molecule has 23 heavy (non-hydrogen) atoms. The van der Waals surface area contributed by atoms with Crippen molar-refractivity contribution in [1.29, 1.82) is 0 Å². The molecule has 1 aromatic rings. The van der Waals surface area contributed by atoms with Crippen LogP contribution < -0.4 is 10.6 Å². The van der Waals surface area contributed by atoms with Crippen LogP contribution in [0.1, 0.15) is 25.8 Å². The van der Waals surface area contributed by atoms with E-state index < -0.39 is 11.4 Å². The smallest absolute Gasteiger partial charge is 0.317 e. The maximum Gasteiger partial charge on any atom is 0.317 e. The number of nitrogens with zero attached hydrogens (tertiary/aromatic N) is 1.